The molecule has 0 saturated carbocycles. The average Bonchev–Trinajstić information content (AvgIpc) is 2.68. The van der Waals surface area contributed by atoms with E-state index in [0.29, 0.717) is 5.56 Å². The lowest BCUT2D eigenvalue weighted by Gasteiger charge is -2.23. The summed E-state index contributed by atoms with van der Waals surface area (Å²) >= 11 is 0. The van der Waals surface area contributed by atoms with E-state index in [4.69, 9.17) is 4.74 Å². The van der Waals surface area contributed by atoms with Gasteiger partial charge in [0.25, 0.3) is 11.8 Å². The van der Waals surface area contributed by atoms with Gasteiger partial charge in [-0.1, -0.05) is 32.0 Å². The number of hydrogen-bond donors (Lipinski definition) is 2. The molecule has 8 heteroatoms. The number of carbonyl (C=O) groups is 3. The molecule has 160 valence electrons. The van der Waals surface area contributed by atoms with Crippen LogP contribution in [0.25, 0.3) is 0 Å². The molecule has 2 atom stereocenters. The minimum Gasteiger partial charge on any atom is -0.451 e. The molecule has 6 nitrogen and oxygen atoms in total. The summed E-state index contributed by atoms with van der Waals surface area (Å²) in [4.78, 5) is 37.3. The molecule has 2 N–H and O–H groups in total. The molecule has 0 fully saturated rings. The third-order valence-corrected chi connectivity index (χ3v) is 4.45. The van der Waals surface area contributed by atoms with Gasteiger partial charge < -0.3 is 15.4 Å². The number of rotatable bonds is 7. The second kappa shape index (κ2) is 9.96. The van der Waals surface area contributed by atoms with Gasteiger partial charge in [-0.05, 0) is 43.5 Å². The smallest absolute Gasteiger partial charge is 0.329 e. The Labute approximate surface area is 173 Å². The summed E-state index contributed by atoms with van der Waals surface area (Å²) in [6, 6.07) is 8.84. The van der Waals surface area contributed by atoms with Crippen molar-refractivity contribution in [2.45, 2.75) is 39.8 Å². The topological polar surface area (TPSA) is 84.5 Å². The molecule has 2 aromatic rings. The number of amides is 2. The molecule has 0 saturated heterocycles. The number of halogens is 2. The maximum Gasteiger partial charge on any atom is 0.329 e. The summed E-state index contributed by atoms with van der Waals surface area (Å²) in [5.74, 6) is -4.38. The third-order valence-electron chi connectivity index (χ3n) is 4.45. The van der Waals surface area contributed by atoms with E-state index in [9.17, 15) is 23.2 Å². The largest absolute Gasteiger partial charge is 0.451 e. The normalized spacial score (nSPS) is 12.8. The Morgan fingerprint density at radius 3 is 2.23 bits per heavy atom. The summed E-state index contributed by atoms with van der Waals surface area (Å²) in [6.45, 7) is 6.59. The third kappa shape index (κ3) is 5.85. The molecule has 0 heterocycles. The Hall–Kier alpha value is -3.29. The number of esters is 1. The molecular formula is C22H24F2N2O4. The van der Waals surface area contributed by atoms with Crippen LogP contribution in [0, 0.1) is 24.5 Å². The van der Waals surface area contributed by atoms with E-state index >= 15 is 0 Å². The number of anilines is 1. The minimum absolute atomic E-state index is 0.0232. The highest BCUT2D eigenvalue weighted by Crippen LogP contribution is 2.15. The van der Waals surface area contributed by atoms with E-state index in [1.165, 1.54) is 13.0 Å². The van der Waals surface area contributed by atoms with Crippen LogP contribution in [0.4, 0.5) is 14.5 Å². The van der Waals surface area contributed by atoms with Crippen molar-refractivity contribution in [2.75, 3.05) is 5.32 Å². The predicted molar refractivity (Wildman–Crippen MR) is 108 cm³/mol. The van der Waals surface area contributed by atoms with E-state index < -0.39 is 41.6 Å². The van der Waals surface area contributed by atoms with E-state index in [2.05, 4.69) is 10.6 Å². The first-order chi connectivity index (χ1) is 14.1. The van der Waals surface area contributed by atoms with Crippen LogP contribution in [0.2, 0.25) is 0 Å². The quantitative estimate of drug-likeness (QED) is 0.673. The molecule has 0 aliphatic heterocycles. The molecule has 2 rings (SSSR count). The highest BCUT2D eigenvalue weighted by molar-refractivity contribution is 5.99. The summed E-state index contributed by atoms with van der Waals surface area (Å²) in [5, 5.41) is 4.99. The van der Waals surface area contributed by atoms with Crippen molar-refractivity contribution in [2.24, 2.45) is 5.92 Å². The zero-order valence-corrected chi connectivity index (χ0v) is 17.2. The Balaban J connectivity index is 2.02. The second-order valence-corrected chi connectivity index (χ2v) is 7.21. The number of benzene rings is 2. The molecule has 2 aromatic carbocycles. The summed E-state index contributed by atoms with van der Waals surface area (Å²) in [5.41, 5.74) is 1.21. The van der Waals surface area contributed by atoms with Crippen molar-refractivity contribution in [3.8, 4) is 0 Å². The predicted octanol–water partition coefficient (Wildman–Crippen LogP) is 3.60. The molecule has 0 radical (unpaired) electrons. The van der Waals surface area contributed by atoms with Gasteiger partial charge in [-0.25, -0.2) is 13.6 Å². The Morgan fingerprint density at radius 1 is 0.967 bits per heavy atom. The zero-order chi connectivity index (χ0) is 22.4. The first-order valence-electron chi connectivity index (χ1n) is 9.43. The van der Waals surface area contributed by atoms with Crippen molar-refractivity contribution in [3.05, 3.63) is 65.2 Å². The summed E-state index contributed by atoms with van der Waals surface area (Å²) in [6.07, 6.45) is -1.22. The second-order valence-electron chi connectivity index (χ2n) is 7.21. The Bertz CT molecular complexity index is 946. The van der Waals surface area contributed by atoms with Gasteiger partial charge in [0.1, 0.15) is 6.04 Å². The first kappa shape index (κ1) is 23.0. The van der Waals surface area contributed by atoms with Gasteiger partial charge >= 0.3 is 5.97 Å². The molecule has 2 amide bonds. The summed E-state index contributed by atoms with van der Waals surface area (Å²) in [7, 11) is 0. The number of carbonyl (C=O) groups excluding carboxylic acids is 3. The van der Waals surface area contributed by atoms with Gasteiger partial charge in [0, 0.05) is 17.3 Å². The van der Waals surface area contributed by atoms with E-state index in [-0.39, 0.29) is 11.6 Å². The van der Waals surface area contributed by atoms with Gasteiger partial charge in [-0.3, -0.25) is 9.59 Å². The lowest BCUT2D eigenvalue weighted by Crippen LogP contribution is -2.47. The maximum absolute atomic E-state index is 13.3. The number of ether oxygens (including phenoxy) is 1. The van der Waals surface area contributed by atoms with E-state index in [0.717, 1.165) is 17.7 Å². The van der Waals surface area contributed by atoms with Crippen molar-refractivity contribution in [1.29, 1.82) is 0 Å². The molecule has 0 aliphatic rings. The summed E-state index contributed by atoms with van der Waals surface area (Å²) < 4.78 is 31.5. The zero-order valence-electron chi connectivity index (χ0n) is 17.2. The molecule has 0 unspecified atom stereocenters. The van der Waals surface area contributed by atoms with Crippen LogP contribution in [-0.2, 0) is 14.3 Å². The fourth-order valence-electron chi connectivity index (χ4n) is 2.66. The maximum atomic E-state index is 13.3. The first-order valence-corrected chi connectivity index (χ1v) is 9.43. The fraction of sp³-hybridized carbons (Fsp3) is 0.318. The van der Waals surface area contributed by atoms with Crippen LogP contribution < -0.4 is 10.6 Å². The lowest BCUT2D eigenvalue weighted by atomic mass is 10.0. The monoisotopic (exact) mass is 418 g/mol. The molecule has 0 bridgehead atoms. The van der Waals surface area contributed by atoms with Gasteiger partial charge in [-0.15, -0.1) is 0 Å². The lowest BCUT2D eigenvalue weighted by molar-refractivity contribution is -0.156. The fourth-order valence-corrected chi connectivity index (χ4v) is 2.66. The van der Waals surface area contributed by atoms with Crippen molar-refractivity contribution in [1.82, 2.24) is 5.32 Å². The van der Waals surface area contributed by atoms with Crippen molar-refractivity contribution < 1.29 is 27.9 Å². The Morgan fingerprint density at radius 2 is 1.63 bits per heavy atom. The van der Waals surface area contributed by atoms with Gasteiger partial charge in [-0.2, -0.15) is 0 Å². The molecule has 0 aromatic heterocycles. The van der Waals surface area contributed by atoms with Crippen LogP contribution >= 0.6 is 0 Å². The van der Waals surface area contributed by atoms with Crippen LogP contribution in [0.3, 0.4) is 0 Å². The minimum atomic E-state index is -1.22. The van der Waals surface area contributed by atoms with Crippen LogP contribution in [0.5, 0.6) is 0 Å². The van der Waals surface area contributed by atoms with Crippen LogP contribution in [-0.4, -0.2) is 29.9 Å². The molecule has 0 aliphatic carbocycles. The van der Waals surface area contributed by atoms with Gasteiger partial charge in [0.2, 0.25) is 0 Å². The SMILES string of the molecule is Cc1ccccc1C(=O)N[C@H](C(=O)O[C@@H](C)C(=O)Nc1ccc(F)c(F)c1)C(C)C. The number of aryl methyl sites for hydroxylation is 1. The Kier molecular flexibility index (Phi) is 7.63. The number of hydrogen-bond acceptors (Lipinski definition) is 4. The molecule has 0 spiro atoms. The van der Waals surface area contributed by atoms with Crippen LogP contribution in [0.15, 0.2) is 42.5 Å². The van der Waals surface area contributed by atoms with Gasteiger partial charge in [0.05, 0.1) is 0 Å². The highest BCUT2D eigenvalue weighted by Gasteiger charge is 2.29. The van der Waals surface area contributed by atoms with Gasteiger partial charge in [0.15, 0.2) is 17.7 Å². The number of nitrogens with one attached hydrogen (secondary N) is 2. The molecular weight excluding hydrogens is 394 g/mol. The average molecular weight is 418 g/mol. The highest BCUT2D eigenvalue weighted by atomic mass is 19.2. The van der Waals surface area contributed by atoms with Crippen molar-refractivity contribution in [3.63, 3.8) is 0 Å². The van der Waals surface area contributed by atoms with Crippen LogP contribution in [0.1, 0.15) is 36.7 Å². The van der Waals surface area contributed by atoms with E-state index in [1.807, 2.05) is 0 Å². The van der Waals surface area contributed by atoms with Crippen molar-refractivity contribution >= 4 is 23.5 Å². The standard InChI is InChI=1S/C22H24F2N2O4/c1-12(2)19(26-21(28)16-8-6-5-7-13(16)3)22(29)30-14(4)20(27)25-15-9-10-17(23)18(24)11-15/h5-12,14,19H,1-4H3,(H,25,27)(H,26,28)/t14-,19-/m0/s1. The van der Waals surface area contributed by atoms with E-state index in [1.54, 1.807) is 45.0 Å². The molecule has 30 heavy (non-hydrogen) atoms.